The average Bonchev–Trinajstić information content (AvgIpc) is 1.88. The van der Waals surface area contributed by atoms with Gasteiger partial charge in [-0.2, -0.15) is 0 Å². The van der Waals surface area contributed by atoms with Gasteiger partial charge in [0.2, 0.25) is 0 Å². The van der Waals surface area contributed by atoms with Crippen LogP contribution in [0.3, 0.4) is 0 Å². The molecule has 0 bridgehead atoms. The second-order valence-corrected chi connectivity index (χ2v) is 4.06. The molecule has 1 unspecified atom stereocenters. The lowest BCUT2D eigenvalue weighted by Crippen LogP contribution is -2.22. The lowest BCUT2D eigenvalue weighted by atomic mass is 9.83. The Bertz CT molecular complexity index is 95.0. The summed E-state index contributed by atoms with van der Waals surface area (Å²) in [5.41, 5.74) is -0.116. The Morgan fingerprint density at radius 1 is 1.27 bits per heavy atom. The maximum Gasteiger partial charge on any atom is 0.102 e. The Labute approximate surface area is 70.2 Å². The molecule has 0 rings (SSSR count). The quantitative estimate of drug-likeness (QED) is 0.534. The van der Waals surface area contributed by atoms with E-state index in [1.807, 2.05) is 13.8 Å². The van der Waals surface area contributed by atoms with Gasteiger partial charge in [0.25, 0.3) is 0 Å². The van der Waals surface area contributed by atoms with Crippen molar-refractivity contribution in [3.63, 3.8) is 0 Å². The first-order valence-electron chi connectivity index (χ1n) is 4.64. The van der Waals surface area contributed by atoms with E-state index in [0.717, 1.165) is 12.8 Å². The van der Waals surface area contributed by atoms with Gasteiger partial charge in [-0.3, -0.25) is 0 Å². The van der Waals surface area contributed by atoms with Crippen LogP contribution >= 0.6 is 0 Å². The van der Waals surface area contributed by atoms with E-state index in [1.165, 1.54) is 12.8 Å². The summed E-state index contributed by atoms with van der Waals surface area (Å²) in [6.45, 7) is 7.85. The molecule has 0 radical (unpaired) electrons. The van der Waals surface area contributed by atoms with Crippen molar-refractivity contribution in [2.24, 2.45) is 5.41 Å². The topological polar surface area (TPSA) is 0 Å². The van der Waals surface area contributed by atoms with Crippen molar-refractivity contribution in [3.8, 4) is 0 Å². The summed E-state index contributed by atoms with van der Waals surface area (Å²) in [5, 5.41) is 0. The number of unbranched alkanes of at least 4 members (excludes halogenated alkanes) is 2. The van der Waals surface area contributed by atoms with E-state index in [0.29, 0.717) is 0 Å². The molecule has 0 aliphatic carbocycles. The lowest BCUT2D eigenvalue weighted by Gasteiger charge is -2.25. The highest BCUT2D eigenvalue weighted by Gasteiger charge is 2.24. The van der Waals surface area contributed by atoms with E-state index in [-0.39, 0.29) is 5.41 Å². The minimum atomic E-state index is -0.681. The third-order valence-electron chi connectivity index (χ3n) is 2.50. The average molecular weight is 160 g/mol. The van der Waals surface area contributed by atoms with Crippen molar-refractivity contribution in [3.05, 3.63) is 0 Å². The van der Waals surface area contributed by atoms with Gasteiger partial charge in [-0.25, -0.2) is 4.39 Å². The predicted octanol–water partition coefficient (Wildman–Crippen LogP) is 3.95. The van der Waals surface area contributed by atoms with Gasteiger partial charge in [0.1, 0.15) is 6.17 Å². The molecule has 0 spiro atoms. The van der Waals surface area contributed by atoms with Crippen LogP contribution in [-0.2, 0) is 0 Å². The zero-order chi connectivity index (χ0) is 8.91. The van der Waals surface area contributed by atoms with Gasteiger partial charge in [-0.05, 0) is 18.8 Å². The summed E-state index contributed by atoms with van der Waals surface area (Å²) in [4.78, 5) is 0. The van der Waals surface area contributed by atoms with E-state index < -0.39 is 6.17 Å². The van der Waals surface area contributed by atoms with Gasteiger partial charge < -0.3 is 0 Å². The highest BCUT2D eigenvalue weighted by molar-refractivity contribution is 4.74. The predicted molar refractivity (Wildman–Crippen MR) is 48.5 cm³/mol. The summed E-state index contributed by atoms with van der Waals surface area (Å²) >= 11 is 0. The molecule has 0 aromatic heterocycles. The first kappa shape index (κ1) is 10.9. The second kappa shape index (κ2) is 4.74. The van der Waals surface area contributed by atoms with Crippen LogP contribution in [0.2, 0.25) is 0 Å². The van der Waals surface area contributed by atoms with Gasteiger partial charge in [-0.15, -0.1) is 0 Å². The molecule has 0 nitrogen and oxygen atoms in total. The fraction of sp³-hybridized carbons (Fsp3) is 1.00. The monoisotopic (exact) mass is 160 g/mol. The Hall–Kier alpha value is -0.0700. The molecule has 68 valence electrons. The van der Waals surface area contributed by atoms with Crippen LogP contribution in [-0.4, -0.2) is 6.17 Å². The minimum absolute atomic E-state index is 0.116. The highest BCUT2D eigenvalue weighted by Crippen LogP contribution is 2.29. The SMILES string of the molecule is CCCCCC(C)(C)C(C)F. The van der Waals surface area contributed by atoms with Crippen molar-refractivity contribution >= 4 is 0 Å². The Balaban J connectivity index is 3.55. The van der Waals surface area contributed by atoms with Crippen molar-refractivity contribution in [1.29, 1.82) is 0 Å². The summed E-state index contributed by atoms with van der Waals surface area (Å²) in [6.07, 6.45) is 3.95. The van der Waals surface area contributed by atoms with Crippen LogP contribution in [0.4, 0.5) is 4.39 Å². The molecule has 0 aliphatic rings. The van der Waals surface area contributed by atoms with Crippen LogP contribution in [0.15, 0.2) is 0 Å². The molecule has 1 heteroatoms. The fourth-order valence-electron chi connectivity index (χ4n) is 1.03. The molecule has 0 saturated carbocycles. The van der Waals surface area contributed by atoms with Gasteiger partial charge >= 0.3 is 0 Å². The Morgan fingerprint density at radius 3 is 2.18 bits per heavy atom. The van der Waals surface area contributed by atoms with E-state index in [1.54, 1.807) is 6.92 Å². The molecule has 0 fully saturated rings. The highest BCUT2D eigenvalue weighted by atomic mass is 19.1. The summed E-state index contributed by atoms with van der Waals surface area (Å²) < 4.78 is 12.9. The van der Waals surface area contributed by atoms with Crippen molar-refractivity contribution in [2.45, 2.75) is 59.5 Å². The Kier molecular flexibility index (Phi) is 4.71. The van der Waals surface area contributed by atoms with E-state index in [9.17, 15) is 4.39 Å². The number of rotatable bonds is 5. The molecule has 11 heavy (non-hydrogen) atoms. The van der Waals surface area contributed by atoms with Gasteiger partial charge in [0.15, 0.2) is 0 Å². The second-order valence-electron chi connectivity index (χ2n) is 4.06. The van der Waals surface area contributed by atoms with Crippen LogP contribution in [0.5, 0.6) is 0 Å². The molecule has 1 atom stereocenters. The van der Waals surface area contributed by atoms with E-state index in [2.05, 4.69) is 6.92 Å². The third kappa shape index (κ3) is 4.39. The molecular weight excluding hydrogens is 139 g/mol. The van der Waals surface area contributed by atoms with Gasteiger partial charge in [0.05, 0.1) is 0 Å². The molecule has 0 aromatic rings. The van der Waals surface area contributed by atoms with Crippen LogP contribution in [0.25, 0.3) is 0 Å². The zero-order valence-corrected chi connectivity index (χ0v) is 8.28. The minimum Gasteiger partial charge on any atom is -0.247 e. The largest absolute Gasteiger partial charge is 0.247 e. The molecule has 0 N–H and O–H groups in total. The number of halogens is 1. The van der Waals surface area contributed by atoms with Crippen LogP contribution < -0.4 is 0 Å². The van der Waals surface area contributed by atoms with Crippen molar-refractivity contribution < 1.29 is 4.39 Å². The van der Waals surface area contributed by atoms with Crippen molar-refractivity contribution in [2.75, 3.05) is 0 Å². The normalized spacial score (nSPS) is 15.0. The van der Waals surface area contributed by atoms with Crippen LogP contribution in [0.1, 0.15) is 53.4 Å². The van der Waals surface area contributed by atoms with Crippen LogP contribution in [0, 0.1) is 5.41 Å². The number of hydrogen-bond acceptors (Lipinski definition) is 0. The van der Waals surface area contributed by atoms with E-state index in [4.69, 9.17) is 0 Å². The first-order chi connectivity index (χ1) is 5.00. The smallest absolute Gasteiger partial charge is 0.102 e. The van der Waals surface area contributed by atoms with Gasteiger partial charge in [0, 0.05) is 0 Å². The maximum atomic E-state index is 12.9. The van der Waals surface area contributed by atoms with E-state index >= 15 is 0 Å². The molecule has 0 amide bonds. The molecule has 0 heterocycles. The summed E-state index contributed by atoms with van der Waals surface area (Å²) in [5.74, 6) is 0. The molecule has 0 aromatic carbocycles. The van der Waals surface area contributed by atoms with Crippen molar-refractivity contribution in [1.82, 2.24) is 0 Å². The fourth-order valence-corrected chi connectivity index (χ4v) is 1.03. The lowest BCUT2D eigenvalue weighted by molar-refractivity contribution is 0.145. The molecular formula is C10H21F. The summed E-state index contributed by atoms with van der Waals surface area (Å²) in [7, 11) is 0. The molecule has 0 aliphatic heterocycles. The standard InChI is InChI=1S/C10H21F/c1-5-6-7-8-10(3,4)9(2)11/h9H,5-8H2,1-4H3. The Morgan fingerprint density at radius 2 is 1.82 bits per heavy atom. The molecule has 0 saturated heterocycles. The number of hydrogen-bond donors (Lipinski definition) is 0. The number of alkyl halides is 1. The maximum absolute atomic E-state index is 12.9. The first-order valence-corrected chi connectivity index (χ1v) is 4.64. The third-order valence-corrected chi connectivity index (χ3v) is 2.50. The van der Waals surface area contributed by atoms with Gasteiger partial charge in [-0.1, -0.05) is 40.0 Å². The summed E-state index contributed by atoms with van der Waals surface area (Å²) in [6, 6.07) is 0. The zero-order valence-electron chi connectivity index (χ0n) is 8.28.